The molecule has 1 aliphatic rings. The van der Waals surface area contributed by atoms with Crippen LogP contribution in [0.25, 0.3) is 0 Å². The monoisotopic (exact) mass is 541 g/mol. The van der Waals surface area contributed by atoms with Crippen LogP contribution >= 0.6 is 7.92 Å². The summed E-state index contributed by atoms with van der Waals surface area (Å²) in [5.74, 6) is 0. The summed E-state index contributed by atoms with van der Waals surface area (Å²) in [7, 11) is -1.73. The molecule has 206 valence electrons. The summed E-state index contributed by atoms with van der Waals surface area (Å²) < 4.78 is 16.9. The topological polar surface area (TPSA) is 29.1 Å². The van der Waals surface area contributed by atoms with Crippen molar-refractivity contribution in [1.82, 2.24) is 4.72 Å². The molecule has 0 unspecified atom stereocenters. The SMILES string of the molecule is CC1(C)CCC(C)(C)c2cc([C@H](N[S@](=O)C(C)(C)C)c3ccccc3P(C(C)(C)C)C(C)(C)C)ccc21. The van der Waals surface area contributed by atoms with Gasteiger partial charge in [0, 0.05) is 0 Å². The second-order valence-corrected chi connectivity index (χ2v) is 21.1. The molecule has 0 amide bonds. The highest BCUT2D eigenvalue weighted by Gasteiger charge is 2.40. The first-order valence-electron chi connectivity index (χ1n) is 13.9. The van der Waals surface area contributed by atoms with Gasteiger partial charge in [0.25, 0.3) is 0 Å². The summed E-state index contributed by atoms with van der Waals surface area (Å²) >= 11 is 0. The van der Waals surface area contributed by atoms with Crippen LogP contribution in [0.15, 0.2) is 42.5 Å². The van der Waals surface area contributed by atoms with Gasteiger partial charge in [-0.05, 0) is 82.3 Å². The molecule has 4 heteroatoms. The zero-order valence-corrected chi connectivity index (χ0v) is 27.5. The molecule has 2 nitrogen and oxygen atoms in total. The second kappa shape index (κ2) is 10.2. The molecule has 0 heterocycles. The summed E-state index contributed by atoms with van der Waals surface area (Å²) in [6.07, 6.45) is 2.38. The number of nitrogens with one attached hydrogen (secondary N) is 1. The van der Waals surface area contributed by atoms with Crippen molar-refractivity contribution in [3.05, 3.63) is 64.7 Å². The van der Waals surface area contributed by atoms with Gasteiger partial charge in [-0.25, -0.2) is 8.93 Å². The van der Waals surface area contributed by atoms with Gasteiger partial charge in [-0.2, -0.15) is 0 Å². The van der Waals surface area contributed by atoms with Gasteiger partial charge in [-0.15, -0.1) is 0 Å². The lowest BCUT2D eigenvalue weighted by atomic mass is 9.63. The van der Waals surface area contributed by atoms with E-state index in [4.69, 9.17) is 0 Å². The van der Waals surface area contributed by atoms with Crippen molar-refractivity contribution in [1.29, 1.82) is 0 Å². The van der Waals surface area contributed by atoms with Crippen LogP contribution in [0.4, 0.5) is 0 Å². The molecule has 3 rings (SSSR count). The zero-order chi connectivity index (χ0) is 28.2. The number of rotatable bonds is 5. The van der Waals surface area contributed by atoms with Gasteiger partial charge < -0.3 is 0 Å². The predicted molar refractivity (Wildman–Crippen MR) is 167 cm³/mol. The van der Waals surface area contributed by atoms with Gasteiger partial charge in [-0.3, -0.25) is 0 Å². The minimum atomic E-state index is -1.21. The molecule has 0 saturated heterocycles. The minimum Gasteiger partial charge on any atom is -0.242 e. The molecule has 1 aliphatic carbocycles. The van der Waals surface area contributed by atoms with E-state index in [0.29, 0.717) is 0 Å². The van der Waals surface area contributed by atoms with E-state index in [2.05, 4.69) is 137 Å². The molecule has 2 atom stereocenters. The first kappa shape index (κ1) is 30.5. The largest absolute Gasteiger partial charge is 0.242 e. The van der Waals surface area contributed by atoms with Crippen LogP contribution in [0.2, 0.25) is 0 Å². The third kappa shape index (κ3) is 6.59. The van der Waals surface area contributed by atoms with E-state index in [1.54, 1.807) is 0 Å². The van der Waals surface area contributed by atoms with E-state index >= 15 is 0 Å². The average Bonchev–Trinajstić information content (AvgIpc) is 2.73. The molecule has 0 bridgehead atoms. The van der Waals surface area contributed by atoms with Crippen molar-refractivity contribution in [2.75, 3.05) is 0 Å². The van der Waals surface area contributed by atoms with E-state index < -0.39 is 18.9 Å². The van der Waals surface area contributed by atoms with Crippen LogP contribution < -0.4 is 10.0 Å². The average molecular weight is 542 g/mol. The second-order valence-electron chi connectivity index (χ2n) is 15.2. The third-order valence-electron chi connectivity index (χ3n) is 7.82. The van der Waals surface area contributed by atoms with Gasteiger partial charge in [-0.1, -0.05) is 120 Å². The highest BCUT2D eigenvalue weighted by molar-refractivity contribution is 7.84. The van der Waals surface area contributed by atoms with Crippen molar-refractivity contribution in [3.8, 4) is 0 Å². The number of benzene rings is 2. The van der Waals surface area contributed by atoms with E-state index in [-0.39, 0.29) is 31.9 Å². The molecular weight excluding hydrogens is 489 g/mol. The molecule has 37 heavy (non-hydrogen) atoms. The van der Waals surface area contributed by atoms with E-state index in [0.717, 1.165) is 0 Å². The smallest absolute Gasteiger partial charge is 0.0979 e. The Morgan fingerprint density at radius 2 is 1.30 bits per heavy atom. The Balaban J connectivity index is 2.29. The van der Waals surface area contributed by atoms with Crippen molar-refractivity contribution < 1.29 is 4.21 Å². The van der Waals surface area contributed by atoms with Crippen LogP contribution in [0.1, 0.15) is 131 Å². The number of hydrogen-bond acceptors (Lipinski definition) is 1. The van der Waals surface area contributed by atoms with Gasteiger partial charge in [0.15, 0.2) is 0 Å². The number of fused-ring (bicyclic) bond motifs is 1. The lowest BCUT2D eigenvalue weighted by Crippen LogP contribution is -2.40. The van der Waals surface area contributed by atoms with E-state index in [1.165, 1.54) is 40.4 Å². The van der Waals surface area contributed by atoms with Crippen LogP contribution in [0.5, 0.6) is 0 Å². The maximum absolute atomic E-state index is 13.6. The summed E-state index contributed by atoms with van der Waals surface area (Å²) in [5, 5.41) is 1.69. The fraction of sp³-hybridized carbons (Fsp3) is 0.636. The standard InChI is InChI=1S/C33H52NOPS/c1-29(2,3)36(30(4,5)6)27-17-15-14-16-24(27)28(34-37(35)31(7,8)9)23-18-19-25-26(22-23)33(12,13)21-20-32(25,10)11/h14-19,22,28,34H,20-21H2,1-13H3/t28-,37+/m0/s1. The fourth-order valence-corrected chi connectivity index (χ4v) is 11.0. The summed E-state index contributed by atoms with van der Waals surface area (Å²) in [6, 6.07) is 15.9. The van der Waals surface area contributed by atoms with Gasteiger partial charge >= 0.3 is 0 Å². The first-order chi connectivity index (χ1) is 16.7. The van der Waals surface area contributed by atoms with Crippen molar-refractivity contribution in [2.45, 2.75) is 135 Å². The quantitative estimate of drug-likeness (QED) is 0.376. The van der Waals surface area contributed by atoms with Crippen LogP contribution in [-0.2, 0) is 21.8 Å². The Morgan fingerprint density at radius 1 is 0.784 bits per heavy atom. The molecule has 0 saturated carbocycles. The van der Waals surface area contributed by atoms with Gasteiger partial charge in [0.05, 0.1) is 21.8 Å². The molecule has 0 aliphatic heterocycles. The van der Waals surface area contributed by atoms with Gasteiger partial charge in [0.2, 0.25) is 0 Å². The molecule has 2 aromatic carbocycles. The Labute approximate surface area is 232 Å². The Bertz CT molecular complexity index is 1130. The Kier molecular flexibility index (Phi) is 8.40. The molecule has 1 N–H and O–H groups in total. The maximum Gasteiger partial charge on any atom is 0.0979 e. The maximum atomic E-state index is 13.6. The molecule has 0 spiro atoms. The summed E-state index contributed by atoms with van der Waals surface area (Å²) in [6.45, 7) is 29.9. The van der Waals surface area contributed by atoms with Gasteiger partial charge in [0.1, 0.15) is 0 Å². The highest BCUT2D eigenvalue weighted by atomic mass is 32.2. The highest BCUT2D eigenvalue weighted by Crippen LogP contribution is 2.59. The Morgan fingerprint density at radius 3 is 1.81 bits per heavy atom. The normalized spacial score (nSPS) is 19.4. The van der Waals surface area contributed by atoms with Crippen LogP contribution in [-0.4, -0.2) is 19.3 Å². The van der Waals surface area contributed by atoms with Crippen molar-refractivity contribution >= 4 is 24.2 Å². The Hall–Kier alpha value is -1.02. The van der Waals surface area contributed by atoms with E-state index in [1.807, 2.05) is 0 Å². The van der Waals surface area contributed by atoms with Crippen LogP contribution in [0, 0.1) is 0 Å². The lowest BCUT2D eigenvalue weighted by molar-refractivity contribution is 0.331. The first-order valence-corrected chi connectivity index (χ1v) is 16.4. The molecule has 0 fully saturated rings. The zero-order valence-electron chi connectivity index (χ0n) is 25.8. The van der Waals surface area contributed by atoms with Crippen molar-refractivity contribution in [2.24, 2.45) is 0 Å². The number of hydrogen-bond donors (Lipinski definition) is 1. The molecule has 2 aromatic rings. The predicted octanol–water partition coefficient (Wildman–Crippen LogP) is 8.88. The van der Waals surface area contributed by atoms with Crippen molar-refractivity contribution in [3.63, 3.8) is 0 Å². The van der Waals surface area contributed by atoms with Crippen LogP contribution in [0.3, 0.4) is 0 Å². The lowest BCUT2D eigenvalue weighted by Gasteiger charge is -2.44. The minimum absolute atomic E-state index is 0.123. The summed E-state index contributed by atoms with van der Waals surface area (Å²) in [5.41, 5.74) is 5.68. The molecule has 0 aromatic heterocycles. The molecular formula is C33H52NOPS. The third-order valence-corrected chi connectivity index (χ3v) is 13.0. The van der Waals surface area contributed by atoms with E-state index in [9.17, 15) is 4.21 Å². The fourth-order valence-electron chi connectivity index (χ4n) is 6.04. The summed E-state index contributed by atoms with van der Waals surface area (Å²) in [4.78, 5) is 0. The molecule has 0 radical (unpaired) electrons.